The highest BCUT2D eigenvalue weighted by molar-refractivity contribution is 6.63. The Hall–Kier alpha value is -1.73. The monoisotopic (exact) mass is 417 g/mol. The van der Waals surface area contributed by atoms with Crippen molar-refractivity contribution >= 4 is 18.7 Å². The van der Waals surface area contributed by atoms with Crippen molar-refractivity contribution in [3.05, 3.63) is 24.3 Å². The molecular formula is C23H36BNO5. The lowest BCUT2D eigenvalue weighted by Gasteiger charge is -2.33. The normalized spacial score (nSPS) is 21.6. The van der Waals surface area contributed by atoms with Gasteiger partial charge in [0.2, 0.25) is 0 Å². The van der Waals surface area contributed by atoms with Crippen molar-refractivity contribution in [1.29, 1.82) is 0 Å². The molecule has 166 valence electrons. The molecular weight excluding hydrogens is 381 g/mol. The van der Waals surface area contributed by atoms with Crippen LogP contribution in [0.25, 0.3) is 0 Å². The first-order valence-corrected chi connectivity index (χ1v) is 10.9. The summed E-state index contributed by atoms with van der Waals surface area (Å²) in [5, 5.41) is 0. The summed E-state index contributed by atoms with van der Waals surface area (Å²) in [5.41, 5.74) is -0.324. The molecule has 2 aliphatic rings. The van der Waals surface area contributed by atoms with E-state index in [4.69, 9.17) is 18.8 Å². The number of para-hydroxylation sites is 1. The van der Waals surface area contributed by atoms with Crippen LogP contribution in [0.1, 0.15) is 61.3 Å². The quantitative estimate of drug-likeness (QED) is 0.693. The van der Waals surface area contributed by atoms with Gasteiger partial charge in [-0.15, -0.1) is 0 Å². The SMILES string of the molecule is CC(C)(C)OC(=O)N1CCC(COc2ccccc2B2OC(C)(C)C(C)(C)O2)CC1. The molecule has 0 atom stereocenters. The van der Waals surface area contributed by atoms with Crippen LogP contribution in [0.5, 0.6) is 5.75 Å². The van der Waals surface area contributed by atoms with Gasteiger partial charge in [0.25, 0.3) is 0 Å². The van der Waals surface area contributed by atoms with E-state index in [0.717, 1.165) is 24.1 Å². The van der Waals surface area contributed by atoms with Gasteiger partial charge in [0.1, 0.15) is 11.4 Å². The van der Waals surface area contributed by atoms with E-state index in [1.54, 1.807) is 4.90 Å². The summed E-state index contributed by atoms with van der Waals surface area (Å²) < 4.78 is 24.1. The van der Waals surface area contributed by atoms with Crippen molar-refractivity contribution in [3.8, 4) is 5.75 Å². The highest BCUT2D eigenvalue weighted by Gasteiger charge is 2.52. The van der Waals surface area contributed by atoms with E-state index in [2.05, 4.69) is 27.7 Å². The Bertz CT molecular complexity index is 734. The van der Waals surface area contributed by atoms with Gasteiger partial charge in [-0.3, -0.25) is 0 Å². The summed E-state index contributed by atoms with van der Waals surface area (Å²) >= 11 is 0. The molecule has 0 bridgehead atoms. The zero-order valence-corrected chi connectivity index (χ0v) is 19.5. The van der Waals surface area contributed by atoms with Crippen molar-refractivity contribution < 1.29 is 23.6 Å². The highest BCUT2D eigenvalue weighted by atomic mass is 16.7. The Balaban J connectivity index is 1.55. The molecule has 2 aliphatic heterocycles. The first kappa shape index (κ1) is 22.9. The van der Waals surface area contributed by atoms with E-state index in [-0.39, 0.29) is 17.3 Å². The molecule has 0 spiro atoms. The van der Waals surface area contributed by atoms with Crippen LogP contribution in [0.2, 0.25) is 0 Å². The molecule has 7 heteroatoms. The minimum Gasteiger partial charge on any atom is -0.494 e. The number of carbonyl (C=O) groups excluding carboxylic acids is 1. The maximum atomic E-state index is 12.2. The Morgan fingerprint density at radius 1 is 1.10 bits per heavy atom. The van der Waals surface area contributed by atoms with Crippen LogP contribution < -0.4 is 10.2 Å². The Kier molecular flexibility index (Phi) is 6.45. The minimum atomic E-state index is -0.464. The number of benzene rings is 1. The van der Waals surface area contributed by atoms with Crippen LogP contribution in [0.15, 0.2) is 24.3 Å². The van der Waals surface area contributed by atoms with Gasteiger partial charge in [0.15, 0.2) is 0 Å². The number of carbonyl (C=O) groups is 1. The van der Waals surface area contributed by atoms with E-state index >= 15 is 0 Å². The fourth-order valence-corrected chi connectivity index (χ4v) is 3.59. The number of likely N-dealkylation sites (tertiary alicyclic amines) is 1. The maximum Gasteiger partial charge on any atom is 0.498 e. The Morgan fingerprint density at radius 3 is 2.23 bits per heavy atom. The minimum absolute atomic E-state index is 0.229. The third-order valence-electron chi connectivity index (χ3n) is 6.17. The number of rotatable bonds is 4. The molecule has 0 N–H and O–H groups in total. The molecule has 1 aromatic rings. The van der Waals surface area contributed by atoms with Crippen molar-refractivity contribution in [1.82, 2.24) is 4.90 Å². The zero-order chi connectivity index (χ0) is 22.2. The number of nitrogens with zero attached hydrogens (tertiary/aromatic N) is 1. The van der Waals surface area contributed by atoms with Gasteiger partial charge in [-0.2, -0.15) is 0 Å². The number of piperidine rings is 1. The van der Waals surface area contributed by atoms with Crippen molar-refractivity contribution in [2.45, 2.75) is 78.1 Å². The topological polar surface area (TPSA) is 57.2 Å². The van der Waals surface area contributed by atoms with Gasteiger partial charge < -0.3 is 23.7 Å². The second-order valence-electron chi connectivity index (χ2n) is 10.3. The van der Waals surface area contributed by atoms with Gasteiger partial charge in [0, 0.05) is 18.6 Å². The fraction of sp³-hybridized carbons (Fsp3) is 0.696. The molecule has 2 heterocycles. The van der Waals surface area contributed by atoms with Crippen LogP contribution in [0.4, 0.5) is 4.79 Å². The van der Waals surface area contributed by atoms with Gasteiger partial charge in [0.05, 0.1) is 17.8 Å². The number of hydrogen-bond acceptors (Lipinski definition) is 5. The van der Waals surface area contributed by atoms with Crippen molar-refractivity contribution in [3.63, 3.8) is 0 Å². The van der Waals surface area contributed by atoms with Gasteiger partial charge in [-0.25, -0.2) is 4.79 Å². The number of hydrogen-bond donors (Lipinski definition) is 0. The molecule has 2 saturated heterocycles. The molecule has 3 rings (SSSR count). The van der Waals surface area contributed by atoms with Crippen LogP contribution in [-0.4, -0.2) is 54.6 Å². The average molecular weight is 417 g/mol. The predicted octanol–water partition coefficient (Wildman–Crippen LogP) is 4.01. The standard InChI is InChI=1S/C23H36BNO5/c1-21(2,3)28-20(26)25-14-12-17(13-15-25)16-27-19-11-9-8-10-18(19)24-29-22(4,5)23(6,7)30-24/h8-11,17H,12-16H2,1-7H3. The van der Waals surface area contributed by atoms with E-state index in [1.807, 2.05) is 45.0 Å². The molecule has 0 aliphatic carbocycles. The van der Waals surface area contributed by atoms with Crippen LogP contribution in [0, 0.1) is 5.92 Å². The summed E-state index contributed by atoms with van der Waals surface area (Å²) in [5.74, 6) is 1.20. The van der Waals surface area contributed by atoms with Crippen LogP contribution in [-0.2, 0) is 14.0 Å². The first-order valence-electron chi connectivity index (χ1n) is 10.9. The number of ether oxygens (including phenoxy) is 2. The van der Waals surface area contributed by atoms with Gasteiger partial charge >= 0.3 is 13.2 Å². The molecule has 0 aromatic heterocycles. The third-order valence-corrected chi connectivity index (χ3v) is 6.17. The smallest absolute Gasteiger partial charge is 0.494 e. The van der Waals surface area contributed by atoms with E-state index in [0.29, 0.717) is 25.6 Å². The summed E-state index contributed by atoms with van der Waals surface area (Å²) in [4.78, 5) is 14.0. The summed E-state index contributed by atoms with van der Waals surface area (Å²) in [6.45, 7) is 15.9. The second kappa shape index (κ2) is 8.43. The van der Waals surface area contributed by atoms with Gasteiger partial charge in [-0.1, -0.05) is 18.2 Å². The summed E-state index contributed by atoms with van der Waals surface area (Å²) in [6, 6.07) is 7.92. The largest absolute Gasteiger partial charge is 0.498 e. The van der Waals surface area contributed by atoms with Gasteiger partial charge in [-0.05, 0) is 73.3 Å². The fourth-order valence-electron chi connectivity index (χ4n) is 3.59. The van der Waals surface area contributed by atoms with Crippen LogP contribution >= 0.6 is 0 Å². The Morgan fingerprint density at radius 2 is 1.67 bits per heavy atom. The highest BCUT2D eigenvalue weighted by Crippen LogP contribution is 2.37. The van der Waals surface area contributed by atoms with E-state index in [9.17, 15) is 4.79 Å². The molecule has 0 saturated carbocycles. The van der Waals surface area contributed by atoms with Crippen LogP contribution in [0.3, 0.4) is 0 Å². The molecule has 6 nitrogen and oxygen atoms in total. The second-order valence-corrected chi connectivity index (χ2v) is 10.3. The third kappa shape index (κ3) is 5.30. The van der Waals surface area contributed by atoms with Crippen molar-refractivity contribution in [2.24, 2.45) is 5.92 Å². The maximum absolute atomic E-state index is 12.2. The summed E-state index contributed by atoms with van der Waals surface area (Å²) in [7, 11) is -0.444. The number of amides is 1. The lowest BCUT2D eigenvalue weighted by atomic mass is 9.78. The lowest BCUT2D eigenvalue weighted by molar-refractivity contribution is 0.00578. The average Bonchev–Trinajstić information content (AvgIpc) is 2.86. The lowest BCUT2D eigenvalue weighted by Crippen LogP contribution is -2.42. The molecule has 1 aromatic carbocycles. The Labute approximate surface area is 181 Å². The van der Waals surface area contributed by atoms with E-state index < -0.39 is 12.7 Å². The molecule has 1 amide bonds. The molecule has 0 unspecified atom stereocenters. The zero-order valence-electron chi connectivity index (χ0n) is 19.5. The van der Waals surface area contributed by atoms with E-state index in [1.165, 1.54) is 0 Å². The molecule has 30 heavy (non-hydrogen) atoms. The summed E-state index contributed by atoms with van der Waals surface area (Å²) in [6.07, 6.45) is 1.57. The van der Waals surface area contributed by atoms with Crippen molar-refractivity contribution in [2.75, 3.05) is 19.7 Å². The first-order chi connectivity index (χ1) is 13.9. The molecule has 0 radical (unpaired) electrons. The predicted molar refractivity (Wildman–Crippen MR) is 118 cm³/mol. The molecule has 2 fully saturated rings.